The lowest BCUT2D eigenvalue weighted by molar-refractivity contribution is 0.247. The quantitative estimate of drug-likeness (QED) is 0.941. The molecule has 0 aromatic heterocycles. The molecule has 2 heteroatoms. The Morgan fingerprint density at radius 3 is 2.74 bits per heavy atom. The SMILES string of the molecule is C1=CCCC(c2ccc3c(c2)=CC(Oc2ccccc2)NC=3)=C1. The summed E-state index contributed by atoms with van der Waals surface area (Å²) in [4.78, 5) is 0. The number of ether oxygens (including phenoxy) is 1. The highest BCUT2D eigenvalue weighted by Crippen LogP contribution is 2.21. The molecule has 1 N–H and O–H groups in total. The van der Waals surface area contributed by atoms with E-state index in [-0.39, 0.29) is 6.23 Å². The first-order chi connectivity index (χ1) is 11.4. The van der Waals surface area contributed by atoms with Gasteiger partial charge in [-0.1, -0.05) is 48.6 Å². The van der Waals surface area contributed by atoms with E-state index in [0.717, 1.165) is 18.6 Å². The van der Waals surface area contributed by atoms with Gasteiger partial charge in [0.1, 0.15) is 5.75 Å². The van der Waals surface area contributed by atoms with Gasteiger partial charge in [0.2, 0.25) is 0 Å². The zero-order valence-corrected chi connectivity index (χ0v) is 12.9. The van der Waals surface area contributed by atoms with Crippen LogP contribution in [0.15, 0.2) is 66.8 Å². The van der Waals surface area contributed by atoms with Crippen LogP contribution >= 0.6 is 0 Å². The minimum absolute atomic E-state index is 0.139. The van der Waals surface area contributed by atoms with Crippen LogP contribution in [0.4, 0.5) is 0 Å². The van der Waals surface area contributed by atoms with E-state index in [0.29, 0.717) is 0 Å². The molecule has 1 unspecified atom stereocenters. The number of hydrogen-bond donors (Lipinski definition) is 1. The fourth-order valence-electron chi connectivity index (χ4n) is 2.99. The molecule has 0 saturated heterocycles. The Balaban J connectivity index is 1.65. The zero-order valence-electron chi connectivity index (χ0n) is 12.9. The Morgan fingerprint density at radius 2 is 1.91 bits per heavy atom. The van der Waals surface area contributed by atoms with Crippen LogP contribution in [-0.4, -0.2) is 6.23 Å². The second-order valence-corrected chi connectivity index (χ2v) is 5.83. The van der Waals surface area contributed by atoms with E-state index in [2.05, 4.69) is 47.8 Å². The summed E-state index contributed by atoms with van der Waals surface area (Å²) in [5, 5.41) is 5.72. The third-order valence-electron chi connectivity index (χ3n) is 4.21. The molecule has 1 aliphatic carbocycles. The standard InChI is InChI=1S/C21H19NO/c1-3-7-16(8-4-1)17-11-12-18-15-22-21(14-19(18)13-17)23-20-9-5-2-6-10-20/h1-3,5-7,9-15,21-22H,4,8H2. The summed E-state index contributed by atoms with van der Waals surface area (Å²) in [6.07, 6.45) is 12.9. The summed E-state index contributed by atoms with van der Waals surface area (Å²) in [6.45, 7) is 0. The minimum atomic E-state index is -0.139. The lowest BCUT2D eigenvalue weighted by Crippen LogP contribution is -2.41. The summed E-state index contributed by atoms with van der Waals surface area (Å²) in [5.74, 6) is 0.870. The molecule has 2 aliphatic rings. The van der Waals surface area contributed by atoms with E-state index in [1.807, 2.05) is 36.5 Å². The largest absolute Gasteiger partial charge is 0.467 e. The Bertz CT molecular complexity index is 878. The molecule has 2 aromatic rings. The van der Waals surface area contributed by atoms with E-state index in [9.17, 15) is 0 Å². The van der Waals surface area contributed by atoms with Crippen LogP contribution in [-0.2, 0) is 0 Å². The molecule has 1 aliphatic heterocycles. The van der Waals surface area contributed by atoms with Gasteiger partial charge in [-0.05, 0) is 58.7 Å². The molecule has 23 heavy (non-hydrogen) atoms. The first-order valence-electron chi connectivity index (χ1n) is 8.04. The minimum Gasteiger partial charge on any atom is -0.467 e. The first kappa shape index (κ1) is 13.9. The van der Waals surface area contributed by atoms with Crippen LogP contribution in [0.3, 0.4) is 0 Å². The van der Waals surface area contributed by atoms with Crippen molar-refractivity contribution < 1.29 is 4.74 Å². The predicted octanol–water partition coefficient (Wildman–Crippen LogP) is 2.95. The van der Waals surface area contributed by atoms with E-state index in [1.165, 1.54) is 21.6 Å². The van der Waals surface area contributed by atoms with Gasteiger partial charge in [-0.25, -0.2) is 0 Å². The summed E-state index contributed by atoms with van der Waals surface area (Å²) in [5.41, 5.74) is 2.71. The lowest BCUT2D eigenvalue weighted by atomic mass is 9.96. The first-order valence-corrected chi connectivity index (χ1v) is 8.04. The van der Waals surface area contributed by atoms with Gasteiger partial charge in [0, 0.05) is 6.20 Å². The Kier molecular flexibility index (Phi) is 3.73. The van der Waals surface area contributed by atoms with Gasteiger partial charge in [-0.2, -0.15) is 0 Å². The van der Waals surface area contributed by atoms with E-state index < -0.39 is 0 Å². The number of allylic oxidation sites excluding steroid dienone is 4. The second kappa shape index (κ2) is 6.17. The molecule has 2 nitrogen and oxygen atoms in total. The van der Waals surface area contributed by atoms with Crippen LogP contribution in [0.25, 0.3) is 17.8 Å². The van der Waals surface area contributed by atoms with Crippen molar-refractivity contribution in [1.82, 2.24) is 5.32 Å². The zero-order chi connectivity index (χ0) is 15.5. The van der Waals surface area contributed by atoms with Crippen LogP contribution in [0.2, 0.25) is 0 Å². The summed E-state index contributed by atoms with van der Waals surface area (Å²) >= 11 is 0. The van der Waals surface area contributed by atoms with Gasteiger partial charge >= 0.3 is 0 Å². The highest BCUT2D eigenvalue weighted by atomic mass is 16.5. The summed E-state index contributed by atoms with van der Waals surface area (Å²) < 4.78 is 5.97. The molecule has 0 bridgehead atoms. The normalized spacial score (nSPS) is 18.8. The van der Waals surface area contributed by atoms with Gasteiger partial charge in [0.05, 0.1) is 0 Å². The average Bonchev–Trinajstić information content (AvgIpc) is 2.63. The highest BCUT2D eigenvalue weighted by Gasteiger charge is 2.09. The fraction of sp³-hybridized carbons (Fsp3) is 0.143. The second-order valence-electron chi connectivity index (χ2n) is 5.83. The van der Waals surface area contributed by atoms with Crippen molar-refractivity contribution >= 4 is 17.8 Å². The monoisotopic (exact) mass is 301 g/mol. The number of hydrogen-bond acceptors (Lipinski definition) is 2. The molecular weight excluding hydrogens is 282 g/mol. The Hall–Kier alpha value is -2.74. The Morgan fingerprint density at radius 1 is 1.00 bits per heavy atom. The smallest absolute Gasteiger partial charge is 0.189 e. The highest BCUT2D eigenvalue weighted by molar-refractivity contribution is 5.68. The average molecular weight is 301 g/mol. The van der Waals surface area contributed by atoms with Gasteiger partial charge in [0.15, 0.2) is 6.23 Å². The molecule has 0 amide bonds. The lowest BCUT2D eigenvalue weighted by Gasteiger charge is -2.19. The van der Waals surface area contributed by atoms with Crippen molar-refractivity contribution in [3.63, 3.8) is 0 Å². The van der Waals surface area contributed by atoms with Gasteiger partial charge in [-0.15, -0.1) is 0 Å². The molecule has 0 saturated carbocycles. The number of benzene rings is 2. The molecule has 1 heterocycles. The van der Waals surface area contributed by atoms with E-state index in [1.54, 1.807) is 0 Å². The van der Waals surface area contributed by atoms with Crippen molar-refractivity contribution in [1.29, 1.82) is 0 Å². The molecule has 4 rings (SSSR count). The van der Waals surface area contributed by atoms with Gasteiger partial charge < -0.3 is 10.1 Å². The van der Waals surface area contributed by atoms with Gasteiger partial charge in [-0.3, -0.25) is 0 Å². The van der Waals surface area contributed by atoms with Crippen molar-refractivity contribution in [3.05, 3.63) is 82.8 Å². The fourth-order valence-corrected chi connectivity index (χ4v) is 2.99. The van der Waals surface area contributed by atoms with Crippen molar-refractivity contribution in [2.24, 2.45) is 0 Å². The number of nitrogens with one attached hydrogen (secondary N) is 1. The maximum Gasteiger partial charge on any atom is 0.189 e. The summed E-state index contributed by atoms with van der Waals surface area (Å²) in [6, 6.07) is 16.5. The van der Waals surface area contributed by atoms with Crippen LogP contribution in [0.5, 0.6) is 5.75 Å². The van der Waals surface area contributed by atoms with E-state index >= 15 is 0 Å². The number of fused-ring (bicyclic) bond motifs is 1. The maximum atomic E-state index is 5.97. The van der Waals surface area contributed by atoms with Crippen LogP contribution in [0.1, 0.15) is 18.4 Å². The number of rotatable bonds is 3. The topological polar surface area (TPSA) is 21.3 Å². The number of para-hydroxylation sites is 1. The molecular formula is C21H19NO. The molecule has 0 spiro atoms. The summed E-state index contributed by atoms with van der Waals surface area (Å²) in [7, 11) is 0. The maximum absolute atomic E-state index is 5.97. The molecule has 0 fully saturated rings. The predicted molar refractivity (Wildman–Crippen MR) is 95.0 cm³/mol. The van der Waals surface area contributed by atoms with E-state index in [4.69, 9.17) is 4.74 Å². The molecule has 1 atom stereocenters. The Labute approximate surface area is 136 Å². The molecule has 0 radical (unpaired) electrons. The van der Waals surface area contributed by atoms with Crippen LogP contribution < -0.4 is 20.5 Å². The van der Waals surface area contributed by atoms with Crippen molar-refractivity contribution in [2.45, 2.75) is 19.1 Å². The molecule has 114 valence electrons. The third-order valence-corrected chi connectivity index (χ3v) is 4.21. The third kappa shape index (κ3) is 3.07. The van der Waals surface area contributed by atoms with Gasteiger partial charge in [0.25, 0.3) is 0 Å². The van der Waals surface area contributed by atoms with Crippen molar-refractivity contribution in [2.75, 3.05) is 0 Å². The van der Waals surface area contributed by atoms with Crippen molar-refractivity contribution in [3.8, 4) is 5.75 Å². The molecule has 2 aromatic carbocycles. The van der Waals surface area contributed by atoms with Crippen LogP contribution in [0, 0.1) is 0 Å².